The highest BCUT2D eigenvalue weighted by Crippen LogP contribution is 2.44. The summed E-state index contributed by atoms with van der Waals surface area (Å²) in [5.41, 5.74) is 4.36. The Hall–Kier alpha value is -2.04. The maximum Gasteiger partial charge on any atom is 0.407 e. The van der Waals surface area contributed by atoms with Crippen LogP contribution in [0.15, 0.2) is 18.2 Å². The van der Waals surface area contributed by atoms with Gasteiger partial charge >= 0.3 is 6.09 Å². The van der Waals surface area contributed by atoms with Crippen molar-refractivity contribution in [2.75, 3.05) is 20.2 Å². The topological polar surface area (TPSA) is 58.6 Å². The van der Waals surface area contributed by atoms with Crippen LogP contribution in [0.5, 0.6) is 0 Å². The Kier molecular flexibility index (Phi) is 4.63. The van der Waals surface area contributed by atoms with E-state index in [0.717, 1.165) is 18.8 Å². The molecule has 5 nitrogen and oxygen atoms in total. The van der Waals surface area contributed by atoms with E-state index in [9.17, 15) is 9.59 Å². The minimum absolute atomic E-state index is 0.125. The van der Waals surface area contributed by atoms with Crippen molar-refractivity contribution in [2.24, 2.45) is 5.92 Å². The third kappa shape index (κ3) is 3.44. The third-order valence-corrected chi connectivity index (χ3v) is 6.33. The Morgan fingerprint density at radius 1 is 1.19 bits per heavy atom. The molecule has 2 saturated carbocycles. The number of alkyl carbamates (subject to hydrolysis) is 1. The Balaban J connectivity index is 1.33. The third-order valence-electron chi connectivity index (χ3n) is 6.33. The van der Waals surface area contributed by atoms with Gasteiger partial charge in [0.25, 0.3) is 0 Å². The number of nitrogens with one attached hydrogen (secondary N) is 1. The average Bonchev–Trinajstić information content (AvgIpc) is 3.41. The average molecular weight is 356 g/mol. The van der Waals surface area contributed by atoms with Gasteiger partial charge in [0.2, 0.25) is 5.91 Å². The summed E-state index contributed by atoms with van der Waals surface area (Å²) in [5, 5.41) is 2.66. The fraction of sp³-hybridized carbons (Fsp3) is 0.619. The van der Waals surface area contributed by atoms with Crippen LogP contribution in [0.1, 0.15) is 60.6 Å². The summed E-state index contributed by atoms with van der Waals surface area (Å²) in [6, 6.07) is 7.27. The van der Waals surface area contributed by atoms with Gasteiger partial charge in [-0.15, -0.1) is 0 Å². The number of rotatable bonds is 4. The van der Waals surface area contributed by atoms with Crippen LogP contribution in [0.25, 0.3) is 0 Å². The smallest absolute Gasteiger partial charge is 0.407 e. The van der Waals surface area contributed by atoms with Gasteiger partial charge in [-0.05, 0) is 67.6 Å². The zero-order valence-electron chi connectivity index (χ0n) is 15.7. The molecule has 0 radical (unpaired) electrons. The predicted molar refractivity (Wildman–Crippen MR) is 99.1 cm³/mol. The highest BCUT2D eigenvalue weighted by atomic mass is 16.5. The van der Waals surface area contributed by atoms with E-state index in [0.29, 0.717) is 31.5 Å². The van der Waals surface area contributed by atoms with Crippen molar-refractivity contribution in [1.82, 2.24) is 10.2 Å². The molecule has 3 aliphatic rings. The van der Waals surface area contributed by atoms with E-state index in [1.807, 2.05) is 11.9 Å². The molecule has 5 heteroatoms. The summed E-state index contributed by atoms with van der Waals surface area (Å²) >= 11 is 0. The van der Waals surface area contributed by atoms with E-state index < -0.39 is 6.09 Å². The number of carbonyl (C=O) groups is 2. The van der Waals surface area contributed by atoms with Crippen molar-refractivity contribution in [3.63, 3.8) is 0 Å². The molecule has 4 rings (SSSR count). The van der Waals surface area contributed by atoms with E-state index in [-0.39, 0.29) is 11.8 Å². The Morgan fingerprint density at radius 2 is 1.96 bits per heavy atom. The Bertz CT molecular complexity index is 707. The quantitative estimate of drug-likeness (QED) is 0.900. The molecule has 140 valence electrons. The van der Waals surface area contributed by atoms with Crippen LogP contribution in [0.4, 0.5) is 4.79 Å². The normalized spacial score (nSPS) is 28.4. The van der Waals surface area contributed by atoms with Gasteiger partial charge in [-0.1, -0.05) is 18.2 Å². The summed E-state index contributed by atoms with van der Waals surface area (Å²) in [7, 11) is 1.90. The second-order valence-corrected chi connectivity index (χ2v) is 8.16. The molecule has 2 aliphatic carbocycles. The summed E-state index contributed by atoms with van der Waals surface area (Å²) in [6.07, 6.45) is 4.91. The molecule has 0 aromatic heterocycles. The largest absolute Gasteiger partial charge is 0.450 e. The second kappa shape index (κ2) is 6.93. The molecule has 0 bridgehead atoms. The van der Waals surface area contributed by atoms with E-state index >= 15 is 0 Å². The number of ether oxygens (including phenoxy) is 1. The lowest BCUT2D eigenvalue weighted by Gasteiger charge is -2.42. The van der Waals surface area contributed by atoms with Gasteiger partial charge in [0, 0.05) is 19.6 Å². The maximum atomic E-state index is 12.7. The second-order valence-electron chi connectivity index (χ2n) is 8.16. The van der Waals surface area contributed by atoms with E-state index in [1.54, 1.807) is 0 Å². The summed E-state index contributed by atoms with van der Waals surface area (Å²) in [5.74, 6) is 1.30. The molecule has 1 N–H and O–H groups in total. The van der Waals surface area contributed by atoms with Crippen molar-refractivity contribution in [3.05, 3.63) is 34.9 Å². The van der Waals surface area contributed by atoms with Gasteiger partial charge in [0.1, 0.15) is 0 Å². The highest BCUT2D eigenvalue weighted by Gasteiger charge is 2.37. The lowest BCUT2D eigenvalue weighted by molar-refractivity contribution is -0.138. The van der Waals surface area contributed by atoms with Gasteiger partial charge in [-0.3, -0.25) is 4.79 Å². The first-order chi connectivity index (χ1) is 12.5. The molecule has 1 aromatic rings. The molecule has 1 atom stereocenters. The van der Waals surface area contributed by atoms with Crippen molar-refractivity contribution >= 4 is 12.0 Å². The van der Waals surface area contributed by atoms with Gasteiger partial charge in [-0.2, -0.15) is 0 Å². The Labute approximate surface area is 155 Å². The van der Waals surface area contributed by atoms with Gasteiger partial charge in [-0.25, -0.2) is 4.79 Å². The van der Waals surface area contributed by atoms with Crippen LogP contribution < -0.4 is 5.32 Å². The summed E-state index contributed by atoms with van der Waals surface area (Å²) < 4.78 is 4.96. The number of cyclic esters (lactones) is 1. The number of nitrogens with zero attached hydrogens (tertiary/aromatic N) is 1. The van der Waals surface area contributed by atoms with E-state index in [2.05, 4.69) is 30.4 Å². The standard InChI is InChI=1S/C21H28N2O3/c1-13-9-15(5-6-19(13)14-3-4-14)17-10-18(11-17)23(2)20(24)16-7-8-26-21(25)22-12-16/h5-6,9,14,16-18H,3-4,7-8,10-12H2,1-2H3,(H,22,25)/t16-,17?,18?/m1/s1. The molecule has 1 aromatic carbocycles. The molecule has 26 heavy (non-hydrogen) atoms. The fourth-order valence-electron chi connectivity index (χ4n) is 4.31. The predicted octanol–water partition coefficient (Wildman–Crippen LogP) is 3.32. The van der Waals surface area contributed by atoms with Crippen molar-refractivity contribution < 1.29 is 14.3 Å². The number of benzene rings is 1. The zero-order chi connectivity index (χ0) is 18.3. The summed E-state index contributed by atoms with van der Waals surface area (Å²) in [4.78, 5) is 25.9. The molecular formula is C21H28N2O3. The monoisotopic (exact) mass is 356 g/mol. The number of carbonyl (C=O) groups excluding carboxylic acids is 2. The van der Waals surface area contributed by atoms with Crippen molar-refractivity contribution in [1.29, 1.82) is 0 Å². The SMILES string of the molecule is Cc1cc(C2CC(N(C)C(=O)[C@@H]3CCOC(=O)NC3)C2)ccc1C1CC1. The lowest BCUT2D eigenvalue weighted by atomic mass is 9.74. The number of hydrogen-bond donors (Lipinski definition) is 1. The van der Waals surface area contributed by atoms with Crippen LogP contribution in [-0.2, 0) is 9.53 Å². The van der Waals surface area contributed by atoms with Gasteiger partial charge in [0.15, 0.2) is 0 Å². The first-order valence-electron chi connectivity index (χ1n) is 9.80. The Morgan fingerprint density at radius 3 is 2.65 bits per heavy atom. The molecule has 1 heterocycles. The van der Waals surface area contributed by atoms with Crippen molar-refractivity contribution in [3.8, 4) is 0 Å². The lowest BCUT2D eigenvalue weighted by Crippen LogP contribution is -2.48. The number of amides is 2. The van der Waals surface area contributed by atoms with Crippen LogP contribution in [0.2, 0.25) is 0 Å². The fourth-order valence-corrected chi connectivity index (χ4v) is 4.31. The highest BCUT2D eigenvalue weighted by molar-refractivity contribution is 5.80. The van der Waals surface area contributed by atoms with Crippen LogP contribution in [0, 0.1) is 12.8 Å². The van der Waals surface area contributed by atoms with Crippen LogP contribution >= 0.6 is 0 Å². The van der Waals surface area contributed by atoms with Gasteiger partial charge < -0.3 is 15.0 Å². The van der Waals surface area contributed by atoms with E-state index in [1.165, 1.54) is 29.5 Å². The first kappa shape index (κ1) is 17.4. The zero-order valence-corrected chi connectivity index (χ0v) is 15.7. The molecule has 3 fully saturated rings. The number of aryl methyl sites for hydroxylation is 1. The molecule has 1 saturated heterocycles. The minimum Gasteiger partial charge on any atom is -0.450 e. The number of hydrogen-bond acceptors (Lipinski definition) is 3. The molecule has 0 spiro atoms. The first-order valence-corrected chi connectivity index (χ1v) is 9.80. The van der Waals surface area contributed by atoms with Crippen LogP contribution in [-0.4, -0.2) is 43.1 Å². The molecule has 2 amide bonds. The van der Waals surface area contributed by atoms with Gasteiger partial charge in [0.05, 0.1) is 12.5 Å². The van der Waals surface area contributed by atoms with E-state index in [4.69, 9.17) is 4.74 Å². The molecular weight excluding hydrogens is 328 g/mol. The summed E-state index contributed by atoms with van der Waals surface area (Å²) in [6.45, 7) is 2.92. The minimum atomic E-state index is -0.420. The molecule has 1 aliphatic heterocycles. The maximum absolute atomic E-state index is 12.7. The van der Waals surface area contributed by atoms with Crippen molar-refractivity contribution in [2.45, 2.75) is 56.9 Å². The van der Waals surface area contributed by atoms with Crippen LogP contribution in [0.3, 0.4) is 0 Å². The molecule has 0 unspecified atom stereocenters.